The zero-order valence-corrected chi connectivity index (χ0v) is 22.3. The standard InChI is InChI=1S/C27H48O5S/c1-17(2)7-6-8-18(3)21-11-12-22-20-10-9-19-15-25(32-33(29,30)31)24(28)16-27(19,5)23(20)13-14-26(21,22)4/h17-25,28H,6-16H2,1-5H3,(H,29,30,31)/t18-,19+,20?,21-,22?,23?,24+,25+,26-,27+/m1/s1. The van der Waals surface area contributed by atoms with Gasteiger partial charge in [0.2, 0.25) is 0 Å². The van der Waals surface area contributed by atoms with Crippen molar-refractivity contribution in [2.45, 2.75) is 117 Å². The van der Waals surface area contributed by atoms with E-state index < -0.39 is 22.6 Å². The van der Waals surface area contributed by atoms with E-state index in [2.05, 4.69) is 34.6 Å². The maximum Gasteiger partial charge on any atom is 0.397 e. The van der Waals surface area contributed by atoms with E-state index in [1.165, 1.54) is 51.4 Å². The summed E-state index contributed by atoms with van der Waals surface area (Å²) >= 11 is 0. The second kappa shape index (κ2) is 9.37. The van der Waals surface area contributed by atoms with E-state index in [0.717, 1.165) is 36.0 Å². The van der Waals surface area contributed by atoms with Gasteiger partial charge in [-0.3, -0.25) is 4.55 Å². The van der Waals surface area contributed by atoms with Crippen molar-refractivity contribution in [1.29, 1.82) is 0 Å². The lowest BCUT2D eigenvalue weighted by Crippen LogP contribution is -2.57. The van der Waals surface area contributed by atoms with Crippen LogP contribution >= 0.6 is 0 Å². The quantitative estimate of drug-likeness (QED) is 0.416. The fourth-order valence-electron chi connectivity index (χ4n) is 9.54. The largest absolute Gasteiger partial charge is 0.397 e. The Morgan fingerprint density at radius 1 is 0.970 bits per heavy atom. The molecule has 0 amide bonds. The van der Waals surface area contributed by atoms with Gasteiger partial charge in [-0.15, -0.1) is 0 Å². The summed E-state index contributed by atoms with van der Waals surface area (Å²) in [5.41, 5.74) is 0.481. The molecule has 5 nitrogen and oxygen atoms in total. The lowest BCUT2D eigenvalue weighted by molar-refractivity contribution is -0.156. The Morgan fingerprint density at radius 2 is 1.67 bits per heavy atom. The minimum atomic E-state index is -4.54. The average Bonchev–Trinajstić information content (AvgIpc) is 3.04. The van der Waals surface area contributed by atoms with Gasteiger partial charge in [0.25, 0.3) is 0 Å². The zero-order chi connectivity index (χ0) is 24.2. The van der Waals surface area contributed by atoms with Crippen molar-refractivity contribution in [2.75, 3.05) is 0 Å². The van der Waals surface area contributed by atoms with Crippen molar-refractivity contribution in [3.8, 4) is 0 Å². The first-order valence-corrected chi connectivity index (χ1v) is 15.1. The molecular weight excluding hydrogens is 436 g/mol. The molecule has 0 aromatic rings. The first-order valence-electron chi connectivity index (χ1n) is 13.7. The summed E-state index contributed by atoms with van der Waals surface area (Å²) in [4.78, 5) is 0. The van der Waals surface area contributed by atoms with Crippen LogP contribution in [0.1, 0.15) is 105 Å². The number of aliphatic hydroxyl groups is 1. The Morgan fingerprint density at radius 3 is 2.33 bits per heavy atom. The number of rotatable bonds is 7. The van der Waals surface area contributed by atoms with Gasteiger partial charge in [0.15, 0.2) is 0 Å². The first kappa shape index (κ1) is 25.9. The molecule has 0 aromatic carbocycles. The van der Waals surface area contributed by atoms with Crippen LogP contribution in [0.25, 0.3) is 0 Å². The maximum atomic E-state index is 11.3. The summed E-state index contributed by atoms with van der Waals surface area (Å²) in [6.07, 6.45) is 11.1. The molecule has 192 valence electrons. The van der Waals surface area contributed by atoms with Gasteiger partial charge in [-0.2, -0.15) is 8.42 Å². The van der Waals surface area contributed by atoms with Crippen LogP contribution in [0.4, 0.5) is 0 Å². The van der Waals surface area contributed by atoms with Crippen LogP contribution < -0.4 is 0 Å². The Labute approximate surface area is 202 Å². The van der Waals surface area contributed by atoms with Gasteiger partial charge in [-0.25, -0.2) is 4.18 Å². The van der Waals surface area contributed by atoms with Gasteiger partial charge in [-0.05, 0) is 104 Å². The fourth-order valence-corrected chi connectivity index (χ4v) is 10.1. The van der Waals surface area contributed by atoms with Crippen molar-refractivity contribution in [3.05, 3.63) is 0 Å². The molecule has 4 rings (SSSR count). The van der Waals surface area contributed by atoms with Crippen LogP contribution in [0.5, 0.6) is 0 Å². The number of fused-ring (bicyclic) bond motifs is 5. The van der Waals surface area contributed by atoms with Crippen LogP contribution in [-0.2, 0) is 14.6 Å². The lowest BCUT2D eigenvalue weighted by atomic mass is 9.44. The van der Waals surface area contributed by atoms with Gasteiger partial charge in [-0.1, -0.05) is 53.9 Å². The van der Waals surface area contributed by atoms with Crippen molar-refractivity contribution in [2.24, 2.45) is 52.3 Å². The van der Waals surface area contributed by atoms with E-state index >= 15 is 0 Å². The number of hydrogen-bond acceptors (Lipinski definition) is 4. The average molecular weight is 485 g/mol. The molecule has 0 spiro atoms. The molecule has 0 radical (unpaired) electrons. The Hall–Kier alpha value is -0.170. The van der Waals surface area contributed by atoms with Crippen LogP contribution in [-0.4, -0.2) is 30.3 Å². The highest BCUT2D eigenvalue weighted by atomic mass is 32.3. The molecule has 4 saturated carbocycles. The van der Waals surface area contributed by atoms with Crippen molar-refractivity contribution >= 4 is 10.4 Å². The second-order valence-electron chi connectivity index (χ2n) is 13.3. The molecule has 4 aliphatic rings. The van der Waals surface area contributed by atoms with E-state index in [0.29, 0.717) is 30.1 Å². The molecule has 0 bridgehead atoms. The highest BCUT2D eigenvalue weighted by molar-refractivity contribution is 7.80. The van der Waals surface area contributed by atoms with Gasteiger partial charge in [0.05, 0.1) is 6.10 Å². The molecule has 4 aliphatic carbocycles. The monoisotopic (exact) mass is 484 g/mol. The molecule has 0 saturated heterocycles. The van der Waals surface area contributed by atoms with Crippen LogP contribution in [0, 0.1) is 52.3 Å². The molecule has 6 heteroatoms. The minimum absolute atomic E-state index is 0.0315. The molecule has 33 heavy (non-hydrogen) atoms. The van der Waals surface area contributed by atoms with Gasteiger partial charge in [0, 0.05) is 0 Å². The van der Waals surface area contributed by atoms with Gasteiger partial charge in [0.1, 0.15) is 6.10 Å². The molecular formula is C27H48O5S. The smallest absolute Gasteiger partial charge is 0.390 e. The molecule has 3 unspecified atom stereocenters. The highest BCUT2D eigenvalue weighted by Gasteiger charge is 2.61. The molecule has 0 heterocycles. The van der Waals surface area contributed by atoms with Crippen LogP contribution in [0.3, 0.4) is 0 Å². The molecule has 0 aromatic heterocycles. The van der Waals surface area contributed by atoms with E-state index in [9.17, 15) is 13.5 Å². The molecule has 0 aliphatic heterocycles. The zero-order valence-electron chi connectivity index (χ0n) is 21.5. The summed E-state index contributed by atoms with van der Waals surface area (Å²) in [5, 5.41) is 10.8. The third-order valence-corrected chi connectivity index (χ3v) is 11.6. The Bertz CT molecular complexity index is 796. The first-order chi connectivity index (χ1) is 15.3. The predicted molar refractivity (Wildman–Crippen MR) is 131 cm³/mol. The number of aliphatic hydroxyl groups excluding tert-OH is 1. The fraction of sp³-hybridized carbons (Fsp3) is 1.00. The van der Waals surface area contributed by atoms with Gasteiger partial charge >= 0.3 is 10.4 Å². The van der Waals surface area contributed by atoms with Gasteiger partial charge < -0.3 is 5.11 Å². The van der Waals surface area contributed by atoms with Crippen LogP contribution in [0.15, 0.2) is 0 Å². The summed E-state index contributed by atoms with van der Waals surface area (Å²) < 4.78 is 36.6. The Balaban J connectivity index is 1.46. The summed E-state index contributed by atoms with van der Waals surface area (Å²) in [5.74, 6) is 4.90. The van der Waals surface area contributed by atoms with Crippen LogP contribution in [0.2, 0.25) is 0 Å². The SMILES string of the molecule is CC(C)CCC[C@@H](C)[C@H]1CCC2C3CC[C@H]4C[C@H](OS(=O)(=O)O)[C@@H](O)C[C@]4(C)C3CC[C@@]21C. The third-order valence-electron chi connectivity index (χ3n) is 11.1. The molecule has 10 atom stereocenters. The van der Waals surface area contributed by atoms with E-state index in [-0.39, 0.29) is 5.41 Å². The van der Waals surface area contributed by atoms with E-state index in [1.807, 2.05) is 0 Å². The topological polar surface area (TPSA) is 83.8 Å². The van der Waals surface area contributed by atoms with Crippen molar-refractivity contribution < 1.29 is 22.3 Å². The second-order valence-corrected chi connectivity index (χ2v) is 14.3. The number of hydrogen-bond donors (Lipinski definition) is 2. The summed E-state index contributed by atoms with van der Waals surface area (Å²) in [7, 11) is -4.54. The van der Waals surface area contributed by atoms with E-state index in [1.54, 1.807) is 0 Å². The molecule has 4 fully saturated rings. The van der Waals surface area contributed by atoms with Crippen molar-refractivity contribution in [3.63, 3.8) is 0 Å². The van der Waals surface area contributed by atoms with E-state index in [4.69, 9.17) is 8.74 Å². The Kier molecular flexibility index (Phi) is 7.35. The predicted octanol–water partition coefficient (Wildman–Crippen LogP) is 6.27. The third kappa shape index (κ3) is 4.93. The summed E-state index contributed by atoms with van der Waals surface area (Å²) in [6.45, 7) is 12.1. The lowest BCUT2D eigenvalue weighted by Gasteiger charge is -2.61. The highest BCUT2D eigenvalue weighted by Crippen LogP contribution is 2.68. The maximum absolute atomic E-state index is 11.3. The minimum Gasteiger partial charge on any atom is -0.390 e. The summed E-state index contributed by atoms with van der Waals surface area (Å²) in [6, 6.07) is 0. The normalized spacial score (nSPS) is 46.5. The van der Waals surface area contributed by atoms with Crippen molar-refractivity contribution in [1.82, 2.24) is 0 Å². The molecule has 2 N–H and O–H groups in total.